The lowest BCUT2D eigenvalue weighted by Gasteiger charge is -2.36. The minimum atomic E-state index is -4.55. The molecule has 1 aliphatic rings. The largest absolute Gasteiger partial charge is 0.417 e. The number of benzene rings is 1. The summed E-state index contributed by atoms with van der Waals surface area (Å²) in [5.74, 6) is -0.585. The van der Waals surface area contributed by atoms with E-state index in [4.69, 9.17) is 0 Å². The third kappa shape index (κ3) is 3.86. The van der Waals surface area contributed by atoms with Gasteiger partial charge in [0, 0.05) is 13.6 Å². The minimum Gasteiger partial charge on any atom is -0.330 e. The maximum absolute atomic E-state index is 13.2. The Balaban J connectivity index is 2.40. The van der Waals surface area contributed by atoms with Gasteiger partial charge in [-0.15, -0.1) is 0 Å². The third-order valence-corrected chi connectivity index (χ3v) is 4.16. The standard InChI is InChI=1S/C18H21F3N2O/c1-3-8-15(22-2)16-11-6-7-12-23(16)17(24)13-9-4-5-10-14(13)18(19,20)21/h3-5,8-10,16H,6-7,11-12H2,1-2H3. The van der Waals surface area contributed by atoms with E-state index in [2.05, 4.69) is 4.99 Å². The fraction of sp³-hybridized carbons (Fsp3) is 0.444. The van der Waals surface area contributed by atoms with Gasteiger partial charge in [-0.1, -0.05) is 18.2 Å². The predicted molar refractivity (Wildman–Crippen MR) is 88.3 cm³/mol. The highest BCUT2D eigenvalue weighted by Crippen LogP contribution is 2.33. The number of piperidine rings is 1. The van der Waals surface area contributed by atoms with E-state index >= 15 is 0 Å². The van der Waals surface area contributed by atoms with E-state index in [0.717, 1.165) is 24.6 Å². The van der Waals surface area contributed by atoms with Crippen molar-refractivity contribution in [2.45, 2.75) is 38.4 Å². The van der Waals surface area contributed by atoms with Crippen molar-refractivity contribution < 1.29 is 18.0 Å². The molecule has 0 aliphatic carbocycles. The van der Waals surface area contributed by atoms with E-state index < -0.39 is 17.6 Å². The lowest BCUT2D eigenvalue weighted by atomic mass is 9.95. The van der Waals surface area contributed by atoms with E-state index in [1.54, 1.807) is 7.05 Å². The first-order valence-electron chi connectivity index (χ1n) is 7.96. The summed E-state index contributed by atoms with van der Waals surface area (Å²) in [5.41, 5.74) is -0.469. The summed E-state index contributed by atoms with van der Waals surface area (Å²) in [4.78, 5) is 18.6. The van der Waals surface area contributed by atoms with E-state index in [-0.39, 0.29) is 11.6 Å². The molecule has 0 saturated carbocycles. The maximum Gasteiger partial charge on any atom is 0.417 e. The van der Waals surface area contributed by atoms with Crippen molar-refractivity contribution in [2.75, 3.05) is 13.6 Å². The Morgan fingerprint density at radius 2 is 2.00 bits per heavy atom. The van der Waals surface area contributed by atoms with E-state index in [1.165, 1.54) is 23.1 Å². The Bertz CT molecular complexity index is 650. The second-order valence-electron chi connectivity index (χ2n) is 5.70. The van der Waals surface area contributed by atoms with Crippen LogP contribution in [0.4, 0.5) is 13.2 Å². The van der Waals surface area contributed by atoms with Crippen LogP contribution in [-0.4, -0.2) is 36.2 Å². The van der Waals surface area contributed by atoms with Gasteiger partial charge in [-0.25, -0.2) is 0 Å². The summed E-state index contributed by atoms with van der Waals surface area (Å²) in [6.07, 6.45) is 1.49. The first-order valence-corrected chi connectivity index (χ1v) is 7.96. The fourth-order valence-corrected chi connectivity index (χ4v) is 3.06. The fourth-order valence-electron chi connectivity index (χ4n) is 3.06. The minimum absolute atomic E-state index is 0.284. The van der Waals surface area contributed by atoms with Gasteiger partial charge in [0.05, 0.1) is 22.9 Å². The Kier molecular flexibility index (Phi) is 5.80. The van der Waals surface area contributed by atoms with Gasteiger partial charge in [0.2, 0.25) is 0 Å². The van der Waals surface area contributed by atoms with Crippen molar-refractivity contribution in [3.05, 3.63) is 47.5 Å². The molecule has 0 radical (unpaired) electrons. The number of rotatable bonds is 3. The quantitative estimate of drug-likeness (QED) is 0.754. The van der Waals surface area contributed by atoms with Crippen LogP contribution in [-0.2, 0) is 6.18 Å². The number of hydrogen-bond donors (Lipinski definition) is 0. The first-order chi connectivity index (χ1) is 11.4. The van der Waals surface area contributed by atoms with Gasteiger partial charge in [-0.05, 0) is 44.4 Å². The number of allylic oxidation sites excluding steroid dienone is 1. The SMILES string of the molecule is CC=CC(=NC)C1CCCCN1C(=O)c1ccccc1C(F)(F)F. The van der Waals surface area contributed by atoms with Gasteiger partial charge in [-0.3, -0.25) is 9.79 Å². The van der Waals surface area contributed by atoms with Gasteiger partial charge in [0.15, 0.2) is 0 Å². The predicted octanol–water partition coefficient (Wildman–Crippen LogP) is 4.35. The van der Waals surface area contributed by atoms with Crippen LogP contribution in [0.5, 0.6) is 0 Å². The van der Waals surface area contributed by atoms with Crippen molar-refractivity contribution in [2.24, 2.45) is 4.99 Å². The molecule has 0 N–H and O–H groups in total. The summed E-state index contributed by atoms with van der Waals surface area (Å²) in [6, 6.07) is 4.67. The molecule has 1 aliphatic heterocycles. The lowest BCUT2D eigenvalue weighted by Crippen LogP contribution is -2.48. The molecule has 1 amide bonds. The van der Waals surface area contributed by atoms with Crippen molar-refractivity contribution in [3.63, 3.8) is 0 Å². The zero-order valence-electron chi connectivity index (χ0n) is 13.8. The van der Waals surface area contributed by atoms with Crippen LogP contribution in [0.2, 0.25) is 0 Å². The number of likely N-dealkylation sites (tertiary alicyclic amines) is 1. The van der Waals surface area contributed by atoms with Crippen LogP contribution < -0.4 is 0 Å². The van der Waals surface area contributed by atoms with Crippen LogP contribution in [0.25, 0.3) is 0 Å². The monoisotopic (exact) mass is 338 g/mol. The van der Waals surface area contributed by atoms with Crippen molar-refractivity contribution in [1.82, 2.24) is 4.90 Å². The summed E-state index contributed by atoms with van der Waals surface area (Å²) in [7, 11) is 1.64. The molecule has 1 aromatic rings. The summed E-state index contributed by atoms with van der Waals surface area (Å²) >= 11 is 0. The number of halogens is 3. The lowest BCUT2D eigenvalue weighted by molar-refractivity contribution is -0.138. The Hall–Kier alpha value is -2.11. The van der Waals surface area contributed by atoms with E-state index in [0.29, 0.717) is 13.0 Å². The molecule has 2 rings (SSSR count). The molecular formula is C18H21F3N2O. The maximum atomic E-state index is 13.2. The molecule has 1 saturated heterocycles. The Morgan fingerprint density at radius 3 is 2.62 bits per heavy atom. The number of carbonyl (C=O) groups is 1. The number of hydrogen-bond acceptors (Lipinski definition) is 2. The van der Waals surface area contributed by atoms with E-state index in [1.807, 2.05) is 19.1 Å². The highest BCUT2D eigenvalue weighted by atomic mass is 19.4. The molecular weight excluding hydrogens is 317 g/mol. The van der Waals surface area contributed by atoms with Crippen molar-refractivity contribution >= 4 is 11.6 Å². The van der Waals surface area contributed by atoms with Gasteiger partial charge in [0.1, 0.15) is 0 Å². The van der Waals surface area contributed by atoms with Crippen LogP contribution in [0, 0.1) is 0 Å². The molecule has 1 atom stereocenters. The van der Waals surface area contributed by atoms with Gasteiger partial charge in [-0.2, -0.15) is 13.2 Å². The molecule has 0 bridgehead atoms. The average molecular weight is 338 g/mol. The van der Waals surface area contributed by atoms with Gasteiger partial charge in [0.25, 0.3) is 5.91 Å². The van der Waals surface area contributed by atoms with E-state index in [9.17, 15) is 18.0 Å². The first kappa shape index (κ1) is 18.2. The van der Waals surface area contributed by atoms with Crippen LogP contribution >= 0.6 is 0 Å². The molecule has 130 valence electrons. The van der Waals surface area contributed by atoms with Gasteiger partial charge < -0.3 is 4.90 Å². The van der Waals surface area contributed by atoms with Crippen LogP contribution in [0.3, 0.4) is 0 Å². The topological polar surface area (TPSA) is 32.7 Å². The zero-order valence-corrected chi connectivity index (χ0v) is 13.8. The van der Waals surface area contributed by atoms with Crippen LogP contribution in [0.15, 0.2) is 41.4 Å². The number of alkyl halides is 3. The molecule has 24 heavy (non-hydrogen) atoms. The highest BCUT2D eigenvalue weighted by molar-refractivity contribution is 6.04. The number of carbonyl (C=O) groups excluding carboxylic acids is 1. The van der Waals surface area contributed by atoms with Crippen molar-refractivity contribution in [1.29, 1.82) is 0 Å². The smallest absolute Gasteiger partial charge is 0.330 e. The molecule has 0 spiro atoms. The normalized spacial score (nSPS) is 19.8. The average Bonchev–Trinajstić information content (AvgIpc) is 2.58. The second kappa shape index (κ2) is 7.64. The molecule has 1 aromatic carbocycles. The summed E-state index contributed by atoms with van der Waals surface area (Å²) < 4.78 is 39.6. The number of aliphatic imine (C=N–C) groups is 1. The zero-order chi connectivity index (χ0) is 17.7. The highest BCUT2D eigenvalue weighted by Gasteiger charge is 2.38. The summed E-state index contributed by atoms with van der Waals surface area (Å²) in [5, 5.41) is 0. The Morgan fingerprint density at radius 1 is 1.29 bits per heavy atom. The molecule has 1 fully saturated rings. The molecule has 1 heterocycles. The molecule has 3 nitrogen and oxygen atoms in total. The second-order valence-corrected chi connectivity index (χ2v) is 5.70. The van der Waals surface area contributed by atoms with Gasteiger partial charge >= 0.3 is 6.18 Å². The van der Waals surface area contributed by atoms with Crippen LogP contribution in [0.1, 0.15) is 42.1 Å². The molecule has 1 unspecified atom stereocenters. The molecule has 6 heteroatoms. The summed E-state index contributed by atoms with van der Waals surface area (Å²) in [6.45, 7) is 2.28. The number of nitrogens with zero attached hydrogens (tertiary/aromatic N) is 2. The third-order valence-electron chi connectivity index (χ3n) is 4.16. The number of amides is 1. The van der Waals surface area contributed by atoms with Crippen molar-refractivity contribution in [3.8, 4) is 0 Å². The Labute approximate surface area is 139 Å². The molecule has 0 aromatic heterocycles.